The fraction of sp³-hybridized carbons (Fsp3) is 0.250. The number of carbonyl (C=O) groups excluding carboxylic acids is 1. The molecule has 0 amide bonds. The topological polar surface area (TPSA) is 50.4 Å². The van der Waals surface area contributed by atoms with Gasteiger partial charge in [-0.15, -0.1) is 11.3 Å². The number of methoxy groups -OCH3 is 1. The number of anilines is 1. The van der Waals surface area contributed by atoms with E-state index in [1.54, 1.807) is 18.2 Å². The van der Waals surface area contributed by atoms with E-state index in [2.05, 4.69) is 10.6 Å². The summed E-state index contributed by atoms with van der Waals surface area (Å²) in [7, 11) is 1.34. The summed E-state index contributed by atoms with van der Waals surface area (Å²) in [5, 5.41) is 6.87. The van der Waals surface area contributed by atoms with Crippen molar-refractivity contribution < 1.29 is 13.9 Å². The molecule has 2 rings (SSSR count). The molecule has 1 aromatic heterocycles. The molecule has 4 nitrogen and oxygen atoms in total. The number of hydrogen-bond acceptors (Lipinski definition) is 4. The number of thiocarbonyl (C=S) groups is 1. The SMILES string of the molecule is COC(=O)c1c(NC(=S)NCc2ccccc2F)sc(C)c1C. The highest BCUT2D eigenvalue weighted by Crippen LogP contribution is 2.32. The van der Waals surface area contributed by atoms with Gasteiger partial charge in [0.2, 0.25) is 0 Å². The van der Waals surface area contributed by atoms with Crippen LogP contribution in [0.25, 0.3) is 0 Å². The number of ether oxygens (including phenoxy) is 1. The van der Waals surface area contributed by atoms with E-state index in [1.807, 2.05) is 13.8 Å². The molecular formula is C16H17FN2O2S2. The molecule has 2 aromatic rings. The molecule has 0 aliphatic rings. The Bertz CT molecular complexity index is 744. The van der Waals surface area contributed by atoms with E-state index in [0.29, 0.717) is 21.2 Å². The van der Waals surface area contributed by atoms with Gasteiger partial charge in [0, 0.05) is 17.0 Å². The summed E-state index contributed by atoms with van der Waals surface area (Å²) >= 11 is 6.65. The van der Waals surface area contributed by atoms with Crippen molar-refractivity contribution in [1.29, 1.82) is 0 Å². The number of esters is 1. The van der Waals surface area contributed by atoms with Crippen LogP contribution in [0.4, 0.5) is 9.39 Å². The van der Waals surface area contributed by atoms with Gasteiger partial charge in [0.05, 0.1) is 12.7 Å². The second-order valence-corrected chi connectivity index (χ2v) is 6.51. The molecule has 0 saturated carbocycles. The third-order valence-electron chi connectivity index (χ3n) is 3.40. The number of benzene rings is 1. The smallest absolute Gasteiger partial charge is 0.341 e. The predicted molar refractivity (Wildman–Crippen MR) is 94.6 cm³/mol. The lowest BCUT2D eigenvalue weighted by atomic mass is 10.1. The second-order valence-electron chi connectivity index (χ2n) is 4.88. The standard InChI is InChI=1S/C16H17FN2O2S2/c1-9-10(2)23-14(13(9)15(20)21-3)19-16(22)18-8-11-6-4-5-7-12(11)17/h4-7H,8H2,1-3H3,(H2,18,19,22). The molecule has 1 aromatic carbocycles. The Hall–Kier alpha value is -1.99. The van der Waals surface area contributed by atoms with E-state index in [4.69, 9.17) is 17.0 Å². The van der Waals surface area contributed by atoms with Crippen LogP contribution in [0.15, 0.2) is 24.3 Å². The maximum Gasteiger partial charge on any atom is 0.341 e. The number of aryl methyl sites for hydroxylation is 1. The molecule has 23 heavy (non-hydrogen) atoms. The molecule has 2 N–H and O–H groups in total. The van der Waals surface area contributed by atoms with Gasteiger partial charge in [0.25, 0.3) is 0 Å². The van der Waals surface area contributed by atoms with Crippen molar-refractivity contribution in [3.63, 3.8) is 0 Å². The number of halogens is 1. The Morgan fingerprint density at radius 3 is 2.70 bits per heavy atom. The summed E-state index contributed by atoms with van der Waals surface area (Å²) < 4.78 is 18.4. The fourth-order valence-corrected chi connectivity index (χ4v) is 3.32. The van der Waals surface area contributed by atoms with E-state index in [9.17, 15) is 9.18 Å². The normalized spacial score (nSPS) is 10.3. The number of hydrogen-bond donors (Lipinski definition) is 2. The van der Waals surface area contributed by atoms with Crippen LogP contribution in [0.1, 0.15) is 26.4 Å². The van der Waals surface area contributed by atoms with Crippen LogP contribution in [0, 0.1) is 19.7 Å². The monoisotopic (exact) mass is 352 g/mol. The minimum Gasteiger partial charge on any atom is -0.465 e. The van der Waals surface area contributed by atoms with Crippen LogP contribution in [0.2, 0.25) is 0 Å². The highest BCUT2D eigenvalue weighted by Gasteiger charge is 2.20. The van der Waals surface area contributed by atoms with Crippen molar-refractivity contribution in [1.82, 2.24) is 5.32 Å². The molecule has 122 valence electrons. The highest BCUT2D eigenvalue weighted by atomic mass is 32.1. The molecule has 0 radical (unpaired) electrons. The van der Waals surface area contributed by atoms with E-state index in [0.717, 1.165) is 10.4 Å². The molecule has 0 atom stereocenters. The van der Waals surface area contributed by atoms with Gasteiger partial charge in [-0.2, -0.15) is 0 Å². The summed E-state index contributed by atoms with van der Waals surface area (Å²) in [5.74, 6) is -0.702. The van der Waals surface area contributed by atoms with Gasteiger partial charge in [-0.1, -0.05) is 18.2 Å². The summed E-state index contributed by atoms with van der Waals surface area (Å²) in [6.45, 7) is 4.04. The predicted octanol–water partition coefficient (Wildman–Crippen LogP) is 3.78. The Morgan fingerprint density at radius 1 is 1.35 bits per heavy atom. The first-order chi connectivity index (χ1) is 10.9. The van der Waals surface area contributed by atoms with Gasteiger partial charge in [-0.05, 0) is 37.7 Å². The summed E-state index contributed by atoms with van der Waals surface area (Å²) in [5.41, 5.74) is 1.86. The molecule has 0 bridgehead atoms. The van der Waals surface area contributed by atoms with Crippen molar-refractivity contribution in [2.24, 2.45) is 0 Å². The first-order valence-corrected chi connectivity index (χ1v) is 8.13. The van der Waals surface area contributed by atoms with Crippen LogP contribution in [0.3, 0.4) is 0 Å². The molecule has 0 aliphatic carbocycles. The molecule has 7 heteroatoms. The molecular weight excluding hydrogens is 335 g/mol. The van der Waals surface area contributed by atoms with Gasteiger partial charge >= 0.3 is 5.97 Å². The van der Waals surface area contributed by atoms with Crippen LogP contribution >= 0.6 is 23.6 Å². The summed E-state index contributed by atoms with van der Waals surface area (Å²) in [4.78, 5) is 12.9. The van der Waals surface area contributed by atoms with Crippen LogP contribution < -0.4 is 10.6 Å². The van der Waals surface area contributed by atoms with Gasteiger partial charge in [-0.25, -0.2) is 9.18 Å². The van der Waals surface area contributed by atoms with Crippen molar-refractivity contribution >= 4 is 39.6 Å². The van der Waals surface area contributed by atoms with Crippen molar-refractivity contribution in [3.8, 4) is 0 Å². The Kier molecular flexibility index (Phi) is 5.68. The highest BCUT2D eigenvalue weighted by molar-refractivity contribution is 7.80. The minimum atomic E-state index is -0.411. The fourth-order valence-electron chi connectivity index (χ4n) is 2.03. The molecule has 1 heterocycles. The number of thiophene rings is 1. The Balaban J connectivity index is 2.08. The van der Waals surface area contributed by atoms with Gasteiger partial charge in [-0.3, -0.25) is 0 Å². The molecule has 0 spiro atoms. The Labute approximate surface area is 143 Å². The number of carbonyl (C=O) groups is 1. The van der Waals surface area contributed by atoms with Gasteiger partial charge < -0.3 is 15.4 Å². The van der Waals surface area contributed by atoms with Crippen LogP contribution in [-0.2, 0) is 11.3 Å². The van der Waals surface area contributed by atoms with Gasteiger partial charge in [0.15, 0.2) is 5.11 Å². The minimum absolute atomic E-state index is 0.259. The van der Waals surface area contributed by atoms with E-state index >= 15 is 0 Å². The first-order valence-electron chi connectivity index (χ1n) is 6.90. The lowest BCUT2D eigenvalue weighted by molar-refractivity contribution is 0.0601. The average Bonchev–Trinajstić information content (AvgIpc) is 2.80. The lowest BCUT2D eigenvalue weighted by Crippen LogP contribution is -2.28. The zero-order valence-corrected chi connectivity index (χ0v) is 14.7. The third-order valence-corrected chi connectivity index (χ3v) is 4.77. The van der Waals surface area contributed by atoms with Crippen LogP contribution in [0.5, 0.6) is 0 Å². The summed E-state index contributed by atoms with van der Waals surface area (Å²) in [6, 6.07) is 6.48. The largest absolute Gasteiger partial charge is 0.465 e. The zero-order valence-electron chi connectivity index (χ0n) is 13.0. The van der Waals surface area contributed by atoms with Gasteiger partial charge in [0.1, 0.15) is 10.8 Å². The van der Waals surface area contributed by atoms with E-state index in [-0.39, 0.29) is 12.4 Å². The summed E-state index contributed by atoms with van der Waals surface area (Å²) in [6.07, 6.45) is 0. The number of nitrogens with one attached hydrogen (secondary N) is 2. The molecule has 0 fully saturated rings. The second kappa shape index (κ2) is 7.52. The Morgan fingerprint density at radius 2 is 2.04 bits per heavy atom. The quantitative estimate of drug-likeness (QED) is 0.648. The number of rotatable bonds is 4. The molecule has 0 saturated heterocycles. The molecule has 0 unspecified atom stereocenters. The maximum absolute atomic E-state index is 13.6. The van der Waals surface area contributed by atoms with Crippen LogP contribution in [-0.4, -0.2) is 18.2 Å². The molecule has 0 aliphatic heterocycles. The van der Waals surface area contributed by atoms with Crippen molar-refractivity contribution in [2.75, 3.05) is 12.4 Å². The van der Waals surface area contributed by atoms with Crippen molar-refractivity contribution in [2.45, 2.75) is 20.4 Å². The average molecular weight is 352 g/mol. The van der Waals surface area contributed by atoms with E-state index < -0.39 is 5.97 Å². The zero-order chi connectivity index (χ0) is 17.0. The lowest BCUT2D eigenvalue weighted by Gasteiger charge is -2.11. The van der Waals surface area contributed by atoms with E-state index in [1.165, 1.54) is 24.5 Å². The third kappa shape index (κ3) is 4.05. The maximum atomic E-state index is 13.6. The first kappa shape index (κ1) is 17.4. The van der Waals surface area contributed by atoms with Crippen molar-refractivity contribution in [3.05, 3.63) is 51.7 Å².